The Bertz CT molecular complexity index is 1710. The lowest BCUT2D eigenvalue weighted by atomic mass is 10.0. The first-order valence-electron chi connectivity index (χ1n) is 31.8. The van der Waals surface area contributed by atoms with E-state index >= 15 is 0 Å². The van der Waals surface area contributed by atoms with Gasteiger partial charge in [0.15, 0.2) is 6.10 Å². The summed E-state index contributed by atoms with van der Waals surface area (Å²) in [5.74, 6) is -1.06. The van der Waals surface area contributed by atoms with Crippen molar-refractivity contribution in [3.05, 3.63) is 146 Å². The molecule has 0 amide bonds. The number of esters is 3. The van der Waals surface area contributed by atoms with Crippen LogP contribution >= 0.6 is 0 Å². The van der Waals surface area contributed by atoms with Crippen LogP contribution < -0.4 is 0 Å². The predicted molar refractivity (Wildman–Crippen MR) is 339 cm³/mol. The van der Waals surface area contributed by atoms with Gasteiger partial charge in [0.05, 0.1) is 6.42 Å². The van der Waals surface area contributed by atoms with Crippen LogP contribution in [0, 0.1) is 0 Å². The third-order valence-electron chi connectivity index (χ3n) is 13.1. The van der Waals surface area contributed by atoms with Gasteiger partial charge in [-0.05, 0) is 122 Å². The lowest BCUT2D eigenvalue weighted by molar-refractivity contribution is -0.166. The minimum Gasteiger partial charge on any atom is -0.462 e. The van der Waals surface area contributed by atoms with Gasteiger partial charge in [-0.15, -0.1) is 0 Å². The molecule has 0 aromatic heterocycles. The van der Waals surface area contributed by atoms with Crippen LogP contribution in [0.3, 0.4) is 0 Å². The summed E-state index contributed by atoms with van der Waals surface area (Å²) in [6, 6.07) is 0. The van der Waals surface area contributed by atoms with Crippen LogP contribution in [-0.4, -0.2) is 37.2 Å². The number of allylic oxidation sites excluding steroid dienone is 23. The summed E-state index contributed by atoms with van der Waals surface area (Å²) in [6.45, 7) is 6.29. The van der Waals surface area contributed by atoms with Crippen molar-refractivity contribution in [2.45, 2.75) is 277 Å². The molecule has 440 valence electrons. The molecule has 0 rings (SSSR count). The SMILES string of the molecule is CC/C=C\C/C=C\C/C=C\C/C=C\C/C=C\C/C=C\CCCCCCCCCCCCCCCCC(=O)OCC(COC(=O)CCCCCCC/C=C\CCCCC)OC(=O)C/C=C\C/C=C\C/C=C\C/C=C\C/C=C\CC. The van der Waals surface area contributed by atoms with Crippen molar-refractivity contribution < 1.29 is 28.6 Å². The molecule has 78 heavy (non-hydrogen) atoms. The van der Waals surface area contributed by atoms with Crippen LogP contribution in [0.15, 0.2) is 146 Å². The molecule has 0 N–H and O–H groups in total. The van der Waals surface area contributed by atoms with Crippen molar-refractivity contribution in [3.8, 4) is 0 Å². The maximum absolute atomic E-state index is 12.8. The third-order valence-corrected chi connectivity index (χ3v) is 13.1. The standard InChI is InChI=1S/C72H116O6/c1-4-7-10-13-16-19-22-25-27-28-29-30-31-32-33-34-35-36-37-38-39-40-41-42-43-44-46-47-50-53-56-59-62-65-71(74)77-68-69(67-76-70(73)64-61-58-55-52-49-24-21-18-15-12-9-6-3)78-72(75)66-63-60-57-54-51-48-45-26-23-20-17-14-11-8-5-2/h7-8,10-11,16-21,25-27,29-30,32-33,35-36,45,51,54,60,63,69H,4-6,9,12-15,22-24,28,31,34,37-44,46-50,52-53,55-59,61-62,64-68H2,1-3H3/b10-7-,11-8-,19-16-,20-17-,21-18-,27-25-,30-29-,33-32-,36-35-,45-26-,54-51-,63-60-. The molecule has 0 aliphatic carbocycles. The molecule has 0 saturated heterocycles. The average molecular weight is 1080 g/mol. The van der Waals surface area contributed by atoms with E-state index in [0.717, 1.165) is 116 Å². The molecular weight excluding hydrogens is 961 g/mol. The summed E-state index contributed by atoms with van der Waals surface area (Å²) in [5.41, 5.74) is 0. The Hall–Kier alpha value is -4.71. The number of hydrogen-bond donors (Lipinski definition) is 0. The largest absolute Gasteiger partial charge is 0.462 e. The van der Waals surface area contributed by atoms with Gasteiger partial charge in [-0.1, -0.05) is 276 Å². The molecule has 0 saturated carbocycles. The smallest absolute Gasteiger partial charge is 0.310 e. The van der Waals surface area contributed by atoms with E-state index in [9.17, 15) is 14.4 Å². The number of unbranched alkanes of at least 4 members (excludes halogenated alkanes) is 22. The van der Waals surface area contributed by atoms with Crippen molar-refractivity contribution >= 4 is 17.9 Å². The zero-order valence-corrected chi connectivity index (χ0v) is 50.4. The maximum Gasteiger partial charge on any atom is 0.310 e. The molecule has 0 spiro atoms. The predicted octanol–water partition coefficient (Wildman–Crippen LogP) is 21.9. The number of carbonyl (C=O) groups is 3. The van der Waals surface area contributed by atoms with E-state index < -0.39 is 12.1 Å². The van der Waals surface area contributed by atoms with Crippen LogP contribution in [0.2, 0.25) is 0 Å². The second-order valence-corrected chi connectivity index (χ2v) is 20.6. The molecule has 0 aromatic carbocycles. The van der Waals surface area contributed by atoms with Crippen molar-refractivity contribution in [2.24, 2.45) is 0 Å². The van der Waals surface area contributed by atoms with E-state index in [1.807, 2.05) is 6.08 Å². The molecular formula is C72H116O6. The van der Waals surface area contributed by atoms with Gasteiger partial charge < -0.3 is 14.2 Å². The van der Waals surface area contributed by atoms with E-state index in [0.29, 0.717) is 19.3 Å². The normalized spacial score (nSPS) is 13.1. The second kappa shape index (κ2) is 64.8. The second-order valence-electron chi connectivity index (χ2n) is 20.6. The molecule has 1 atom stereocenters. The minimum absolute atomic E-state index is 0.0911. The summed E-state index contributed by atoms with van der Waals surface area (Å²) in [5, 5.41) is 0. The van der Waals surface area contributed by atoms with Gasteiger partial charge in [-0.3, -0.25) is 14.4 Å². The summed E-state index contributed by atoms with van der Waals surface area (Å²) < 4.78 is 16.8. The van der Waals surface area contributed by atoms with Gasteiger partial charge in [0.25, 0.3) is 0 Å². The first-order chi connectivity index (χ1) is 38.5. The molecule has 0 aliphatic heterocycles. The first-order valence-corrected chi connectivity index (χ1v) is 31.8. The number of carbonyl (C=O) groups excluding carboxylic acids is 3. The first kappa shape index (κ1) is 73.3. The molecule has 1 unspecified atom stereocenters. The van der Waals surface area contributed by atoms with E-state index in [4.69, 9.17) is 14.2 Å². The van der Waals surface area contributed by atoms with E-state index in [2.05, 4.69) is 154 Å². The van der Waals surface area contributed by atoms with E-state index in [1.165, 1.54) is 109 Å². The van der Waals surface area contributed by atoms with Gasteiger partial charge in [0.1, 0.15) is 13.2 Å². The lowest BCUT2D eigenvalue weighted by Gasteiger charge is -2.18. The zero-order valence-electron chi connectivity index (χ0n) is 50.4. The summed E-state index contributed by atoms with van der Waals surface area (Å²) in [7, 11) is 0. The van der Waals surface area contributed by atoms with Crippen LogP contribution in [0.5, 0.6) is 0 Å². The monoisotopic (exact) mass is 1080 g/mol. The fourth-order valence-electron chi connectivity index (χ4n) is 8.40. The molecule has 6 nitrogen and oxygen atoms in total. The topological polar surface area (TPSA) is 78.9 Å². The lowest BCUT2D eigenvalue weighted by Crippen LogP contribution is -2.30. The molecule has 0 radical (unpaired) electrons. The number of hydrogen-bond acceptors (Lipinski definition) is 6. The van der Waals surface area contributed by atoms with Crippen molar-refractivity contribution in [1.29, 1.82) is 0 Å². The van der Waals surface area contributed by atoms with Gasteiger partial charge in [0, 0.05) is 12.8 Å². The Morgan fingerprint density at radius 1 is 0.282 bits per heavy atom. The van der Waals surface area contributed by atoms with Gasteiger partial charge in [-0.2, -0.15) is 0 Å². The molecule has 0 fully saturated rings. The zero-order chi connectivity index (χ0) is 56.4. The Labute approximate surface area is 480 Å². The molecule has 0 aliphatic rings. The molecule has 0 aromatic rings. The van der Waals surface area contributed by atoms with E-state index in [1.54, 1.807) is 6.08 Å². The Balaban J connectivity index is 4.25. The number of rotatable bonds is 56. The minimum atomic E-state index is -0.840. The fraction of sp³-hybridized carbons (Fsp3) is 0.625. The fourth-order valence-corrected chi connectivity index (χ4v) is 8.40. The maximum atomic E-state index is 12.8. The molecule has 6 heteroatoms. The van der Waals surface area contributed by atoms with Crippen molar-refractivity contribution in [3.63, 3.8) is 0 Å². The highest BCUT2D eigenvalue weighted by Gasteiger charge is 2.19. The van der Waals surface area contributed by atoms with Crippen LogP contribution in [0.4, 0.5) is 0 Å². The number of ether oxygens (including phenoxy) is 3. The highest BCUT2D eigenvalue weighted by atomic mass is 16.6. The van der Waals surface area contributed by atoms with Crippen LogP contribution in [0.25, 0.3) is 0 Å². The van der Waals surface area contributed by atoms with Gasteiger partial charge >= 0.3 is 17.9 Å². The van der Waals surface area contributed by atoms with Crippen LogP contribution in [-0.2, 0) is 28.6 Å². The highest BCUT2D eigenvalue weighted by Crippen LogP contribution is 2.15. The Morgan fingerprint density at radius 3 is 0.859 bits per heavy atom. The highest BCUT2D eigenvalue weighted by molar-refractivity contribution is 5.72. The van der Waals surface area contributed by atoms with Gasteiger partial charge in [-0.25, -0.2) is 0 Å². The van der Waals surface area contributed by atoms with Gasteiger partial charge in [0.2, 0.25) is 0 Å². The van der Waals surface area contributed by atoms with Crippen molar-refractivity contribution in [1.82, 2.24) is 0 Å². The molecule has 0 bridgehead atoms. The van der Waals surface area contributed by atoms with Crippen molar-refractivity contribution in [2.75, 3.05) is 13.2 Å². The summed E-state index contributed by atoms with van der Waals surface area (Å²) in [4.78, 5) is 38.1. The quantitative estimate of drug-likeness (QED) is 0.0261. The van der Waals surface area contributed by atoms with E-state index in [-0.39, 0.29) is 31.6 Å². The Kier molecular flexibility index (Phi) is 60.9. The average Bonchev–Trinajstić information content (AvgIpc) is 3.44. The van der Waals surface area contributed by atoms with Crippen LogP contribution in [0.1, 0.15) is 271 Å². The Morgan fingerprint density at radius 2 is 0.538 bits per heavy atom. The molecule has 0 heterocycles. The summed E-state index contributed by atoms with van der Waals surface area (Å²) in [6.07, 6.45) is 93.2. The third kappa shape index (κ3) is 62.1. The summed E-state index contributed by atoms with van der Waals surface area (Å²) >= 11 is 0.